The number of carbonyl (C=O) groups excluding carboxylic acids is 2. The summed E-state index contributed by atoms with van der Waals surface area (Å²) in [4.78, 5) is 23.1. The first kappa shape index (κ1) is 15.3. The number of nitrogens with one attached hydrogen (secondary N) is 2. The molecule has 1 fully saturated rings. The molecular formula is C15H21N3O3. The van der Waals surface area contributed by atoms with Gasteiger partial charge in [-0.05, 0) is 44.9 Å². The summed E-state index contributed by atoms with van der Waals surface area (Å²) < 4.78 is 5.22. The maximum Gasteiger partial charge on any atom is 0.255 e. The van der Waals surface area contributed by atoms with E-state index >= 15 is 0 Å². The summed E-state index contributed by atoms with van der Waals surface area (Å²) in [6.07, 6.45) is 2.95. The first-order chi connectivity index (χ1) is 9.99. The molecule has 0 aromatic heterocycles. The molecule has 0 radical (unpaired) electrons. The van der Waals surface area contributed by atoms with Crippen LogP contribution in [-0.4, -0.2) is 30.5 Å². The molecule has 1 saturated heterocycles. The van der Waals surface area contributed by atoms with E-state index in [9.17, 15) is 9.59 Å². The van der Waals surface area contributed by atoms with Gasteiger partial charge in [0.1, 0.15) is 5.75 Å². The molecule has 114 valence electrons. The van der Waals surface area contributed by atoms with Crippen LogP contribution in [0.25, 0.3) is 0 Å². The van der Waals surface area contributed by atoms with Crippen LogP contribution in [0.4, 0.5) is 5.69 Å². The minimum atomic E-state index is -0.539. The van der Waals surface area contributed by atoms with Crippen LogP contribution in [0.15, 0.2) is 24.3 Å². The van der Waals surface area contributed by atoms with Gasteiger partial charge in [0.2, 0.25) is 5.91 Å². The van der Waals surface area contributed by atoms with Gasteiger partial charge < -0.3 is 21.1 Å². The van der Waals surface area contributed by atoms with Crippen LogP contribution in [0.2, 0.25) is 0 Å². The van der Waals surface area contributed by atoms with E-state index in [1.807, 2.05) is 6.92 Å². The van der Waals surface area contributed by atoms with Crippen LogP contribution < -0.4 is 21.1 Å². The van der Waals surface area contributed by atoms with Crippen molar-refractivity contribution >= 4 is 17.5 Å². The number of carbonyl (C=O) groups is 2. The standard InChI is InChI=1S/C15H21N3O3/c1-15(7-2-3-8-17-15)14(20)18-11-5-4-6-12(9-11)21-10-13(16)19/h4-6,9,17H,2-3,7-8,10H2,1H3,(H2,16,19)(H,18,20). The SMILES string of the molecule is CC1(C(=O)Nc2cccc(OCC(N)=O)c2)CCCCN1. The number of amides is 2. The third-order valence-electron chi connectivity index (χ3n) is 3.59. The smallest absolute Gasteiger partial charge is 0.255 e. The summed E-state index contributed by atoms with van der Waals surface area (Å²) in [5.41, 5.74) is 5.13. The van der Waals surface area contributed by atoms with Crippen LogP contribution in [0.5, 0.6) is 5.75 Å². The number of benzene rings is 1. The summed E-state index contributed by atoms with van der Waals surface area (Å²) in [5.74, 6) is -0.106. The Morgan fingerprint density at radius 2 is 2.24 bits per heavy atom. The average molecular weight is 291 g/mol. The second-order valence-corrected chi connectivity index (χ2v) is 5.45. The molecule has 1 unspecified atom stereocenters. The fourth-order valence-corrected chi connectivity index (χ4v) is 2.34. The lowest BCUT2D eigenvalue weighted by molar-refractivity contribution is -0.122. The molecule has 0 saturated carbocycles. The molecule has 1 aliphatic heterocycles. The Balaban J connectivity index is 2.00. The molecule has 0 aliphatic carbocycles. The number of rotatable bonds is 5. The maximum absolute atomic E-state index is 12.4. The molecule has 6 heteroatoms. The molecule has 1 atom stereocenters. The number of piperidine rings is 1. The van der Waals surface area contributed by atoms with Gasteiger partial charge in [0.15, 0.2) is 6.61 Å². The van der Waals surface area contributed by atoms with Crippen LogP contribution in [-0.2, 0) is 9.59 Å². The Bertz CT molecular complexity index is 525. The van der Waals surface area contributed by atoms with Crippen LogP contribution in [0.1, 0.15) is 26.2 Å². The van der Waals surface area contributed by atoms with E-state index in [0.29, 0.717) is 11.4 Å². The zero-order valence-electron chi connectivity index (χ0n) is 12.1. The van der Waals surface area contributed by atoms with Crippen molar-refractivity contribution in [2.75, 3.05) is 18.5 Å². The van der Waals surface area contributed by atoms with Crippen molar-refractivity contribution in [3.05, 3.63) is 24.3 Å². The van der Waals surface area contributed by atoms with Crippen LogP contribution >= 0.6 is 0 Å². The molecule has 1 aromatic rings. The molecule has 0 bridgehead atoms. The zero-order chi connectivity index (χ0) is 15.3. The summed E-state index contributed by atoms with van der Waals surface area (Å²) in [7, 11) is 0. The predicted octanol–water partition coefficient (Wildman–Crippen LogP) is 1.02. The van der Waals surface area contributed by atoms with E-state index in [4.69, 9.17) is 10.5 Å². The Morgan fingerprint density at radius 3 is 2.90 bits per heavy atom. The molecule has 0 spiro atoms. The molecule has 1 aromatic carbocycles. The second-order valence-electron chi connectivity index (χ2n) is 5.45. The van der Waals surface area contributed by atoms with E-state index < -0.39 is 11.4 Å². The number of hydrogen-bond donors (Lipinski definition) is 3. The Kier molecular flexibility index (Phi) is 4.80. The minimum absolute atomic E-state index is 0.0609. The molecule has 6 nitrogen and oxygen atoms in total. The third kappa shape index (κ3) is 4.19. The van der Waals surface area contributed by atoms with E-state index in [-0.39, 0.29) is 12.5 Å². The molecule has 2 rings (SSSR count). The van der Waals surface area contributed by atoms with Gasteiger partial charge >= 0.3 is 0 Å². The number of nitrogens with two attached hydrogens (primary N) is 1. The highest BCUT2D eigenvalue weighted by atomic mass is 16.5. The van der Waals surface area contributed by atoms with Crippen molar-refractivity contribution in [3.8, 4) is 5.75 Å². The predicted molar refractivity (Wildman–Crippen MR) is 80.0 cm³/mol. The number of anilines is 1. The fourth-order valence-electron chi connectivity index (χ4n) is 2.34. The van der Waals surface area contributed by atoms with Gasteiger partial charge in [0.05, 0.1) is 5.54 Å². The van der Waals surface area contributed by atoms with Crippen molar-refractivity contribution in [3.63, 3.8) is 0 Å². The van der Waals surface area contributed by atoms with Gasteiger partial charge in [-0.25, -0.2) is 0 Å². The molecule has 2 amide bonds. The van der Waals surface area contributed by atoms with Crippen molar-refractivity contribution in [2.24, 2.45) is 5.73 Å². The lowest BCUT2D eigenvalue weighted by Crippen LogP contribution is -2.54. The summed E-state index contributed by atoms with van der Waals surface area (Å²) in [6.45, 7) is 2.58. The Labute approximate surface area is 124 Å². The van der Waals surface area contributed by atoms with Crippen LogP contribution in [0, 0.1) is 0 Å². The third-order valence-corrected chi connectivity index (χ3v) is 3.59. The Morgan fingerprint density at radius 1 is 1.43 bits per heavy atom. The molecule has 1 aliphatic rings. The van der Waals surface area contributed by atoms with Gasteiger partial charge in [0, 0.05) is 11.8 Å². The highest BCUT2D eigenvalue weighted by molar-refractivity contribution is 5.98. The first-order valence-corrected chi connectivity index (χ1v) is 7.07. The molecule has 1 heterocycles. The van der Waals surface area contributed by atoms with Gasteiger partial charge in [0.25, 0.3) is 5.91 Å². The summed E-state index contributed by atoms with van der Waals surface area (Å²) >= 11 is 0. The van der Waals surface area contributed by atoms with Crippen LogP contribution in [0.3, 0.4) is 0 Å². The highest BCUT2D eigenvalue weighted by Crippen LogP contribution is 2.22. The molecule has 4 N–H and O–H groups in total. The zero-order valence-corrected chi connectivity index (χ0v) is 12.1. The van der Waals surface area contributed by atoms with E-state index in [1.54, 1.807) is 24.3 Å². The first-order valence-electron chi connectivity index (χ1n) is 7.07. The Hall–Kier alpha value is -2.08. The van der Waals surface area contributed by atoms with E-state index in [0.717, 1.165) is 25.8 Å². The van der Waals surface area contributed by atoms with Crippen molar-refractivity contribution in [2.45, 2.75) is 31.7 Å². The van der Waals surface area contributed by atoms with Gasteiger partial charge in [-0.3, -0.25) is 9.59 Å². The normalized spacial score (nSPS) is 21.6. The second kappa shape index (κ2) is 6.58. The number of primary amides is 1. The van der Waals surface area contributed by atoms with E-state index in [1.165, 1.54) is 0 Å². The highest BCUT2D eigenvalue weighted by Gasteiger charge is 2.34. The fraction of sp³-hybridized carbons (Fsp3) is 0.467. The lowest BCUT2D eigenvalue weighted by Gasteiger charge is -2.33. The topological polar surface area (TPSA) is 93.4 Å². The van der Waals surface area contributed by atoms with Crippen molar-refractivity contribution < 1.29 is 14.3 Å². The van der Waals surface area contributed by atoms with Gasteiger partial charge in [-0.2, -0.15) is 0 Å². The lowest BCUT2D eigenvalue weighted by atomic mass is 9.90. The number of ether oxygens (including phenoxy) is 1. The average Bonchev–Trinajstić information content (AvgIpc) is 2.46. The summed E-state index contributed by atoms with van der Waals surface area (Å²) in [6, 6.07) is 6.91. The maximum atomic E-state index is 12.4. The van der Waals surface area contributed by atoms with Gasteiger partial charge in [-0.1, -0.05) is 6.07 Å². The van der Waals surface area contributed by atoms with Crippen molar-refractivity contribution in [1.29, 1.82) is 0 Å². The van der Waals surface area contributed by atoms with Gasteiger partial charge in [-0.15, -0.1) is 0 Å². The van der Waals surface area contributed by atoms with E-state index in [2.05, 4.69) is 10.6 Å². The minimum Gasteiger partial charge on any atom is -0.484 e. The largest absolute Gasteiger partial charge is 0.484 e. The quantitative estimate of drug-likeness (QED) is 0.755. The summed E-state index contributed by atoms with van der Waals surface area (Å²) in [5, 5.41) is 6.15. The van der Waals surface area contributed by atoms with Crippen molar-refractivity contribution in [1.82, 2.24) is 5.32 Å². The molecule has 21 heavy (non-hydrogen) atoms. The monoisotopic (exact) mass is 291 g/mol. The number of hydrogen-bond acceptors (Lipinski definition) is 4. The molecular weight excluding hydrogens is 270 g/mol.